The van der Waals surface area contributed by atoms with E-state index in [1.807, 2.05) is 11.0 Å². The van der Waals surface area contributed by atoms with Crippen molar-refractivity contribution in [3.05, 3.63) is 32.3 Å². The molecule has 1 aliphatic heterocycles. The Morgan fingerprint density at radius 1 is 1.37 bits per heavy atom. The highest BCUT2D eigenvalue weighted by atomic mass is 79.9. The number of nitrogens with zero attached hydrogens (tertiary/aromatic N) is 5. The fourth-order valence-corrected chi connectivity index (χ4v) is 3.95. The fraction of sp³-hybridized carbons (Fsp3) is 0.294. The minimum Gasteiger partial charge on any atom is -0.465 e. The monoisotopic (exact) mass is 467 g/mol. The van der Waals surface area contributed by atoms with Crippen LogP contribution in [0.25, 0.3) is 10.9 Å². The number of nitriles is 2. The molecule has 27 heavy (non-hydrogen) atoms. The van der Waals surface area contributed by atoms with Gasteiger partial charge in [-0.3, -0.25) is 0 Å². The summed E-state index contributed by atoms with van der Waals surface area (Å²) < 4.78 is 0.647. The molecule has 1 amide bonds. The number of hydrogen-bond acceptors (Lipinski definition) is 5. The number of piperazine rings is 1. The number of carbonyl (C=O) groups is 1. The molecular weight excluding hydrogens is 457 g/mol. The smallest absolute Gasteiger partial charge is 0.407 e. The lowest BCUT2D eigenvalue weighted by Gasteiger charge is -2.40. The third-order valence-corrected chi connectivity index (χ3v) is 5.91. The Morgan fingerprint density at radius 3 is 2.74 bits per heavy atom. The molecule has 1 fully saturated rings. The van der Waals surface area contributed by atoms with Crippen LogP contribution >= 0.6 is 39.1 Å². The molecule has 7 nitrogen and oxygen atoms in total. The van der Waals surface area contributed by atoms with Crippen molar-refractivity contribution in [2.24, 2.45) is 0 Å². The van der Waals surface area contributed by atoms with Crippen LogP contribution in [0.15, 0.2) is 16.6 Å². The van der Waals surface area contributed by atoms with Gasteiger partial charge in [0.15, 0.2) is 0 Å². The van der Waals surface area contributed by atoms with E-state index < -0.39 is 12.1 Å². The molecule has 0 radical (unpaired) electrons. The predicted molar refractivity (Wildman–Crippen MR) is 105 cm³/mol. The van der Waals surface area contributed by atoms with Gasteiger partial charge in [0.25, 0.3) is 0 Å². The first-order valence-corrected chi connectivity index (χ1v) is 9.42. The van der Waals surface area contributed by atoms with Crippen LogP contribution in [-0.2, 0) is 0 Å². The minimum absolute atomic E-state index is 0.0493. The molecule has 0 bridgehead atoms. The van der Waals surface area contributed by atoms with E-state index >= 15 is 0 Å². The van der Waals surface area contributed by atoms with Gasteiger partial charge < -0.3 is 14.9 Å². The first kappa shape index (κ1) is 19.5. The maximum atomic E-state index is 11.4. The third-order valence-electron chi connectivity index (χ3n) is 4.44. The van der Waals surface area contributed by atoms with E-state index in [0.29, 0.717) is 32.6 Å². The molecule has 0 spiro atoms. The first-order chi connectivity index (χ1) is 12.9. The molecule has 2 heterocycles. The molecule has 1 aromatic heterocycles. The van der Waals surface area contributed by atoms with Gasteiger partial charge in [0, 0.05) is 29.5 Å². The van der Waals surface area contributed by atoms with E-state index in [2.05, 4.69) is 27.0 Å². The molecule has 1 atom stereocenters. The lowest BCUT2D eigenvalue weighted by Crippen LogP contribution is -2.55. The highest BCUT2D eigenvalue weighted by Crippen LogP contribution is 2.38. The van der Waals surface area contributed by atoms with E-state index in [1.165, 1.54) is 4.90 Å². The van der Waals surface area contributed by atoms with Crippen LogP contribution in [0.2, 0.25) is 10.2 Å². The molecule has 10 heteroatoms. The average molecular weight is 469 g/mol. The number of aromatic nitrogens is 1. The minimum atomic E-state index is -1.07. The Morgan fingerprint density at radius 2 is 2.11 bits per heavy atom. The van der Waals surface area contributed by atoms with E-state index in [-0.39, 0.29) is 30.2 Å². The number of benzene rings is 1. The van der Waals surface area contributed by atoms with Crippen molar-refractivity contribution in [2.75, 3.05) is 24.5 Å². The van der Waals surface area contributed by atoms with Gasteiger partial charge in [-0.25, -0.2) is 9.78 Å². The van der Waals surface area contributed by atoms with Crippen molar-refractivity contribution in [3.63, 3.8) is 0 Å². The molecule has 0 unspecified atom stereocenters. The molecular formula is C17H12BrCl2N5O2. The van der Waals surface area contributed by atoms with Crippen LogP contribution in [0, 0.1) is 22.7 Å². The van der Waals surface area contributed by atoms with Crippen LogP contribution in [0.3, 0.4) is 0 Å². The van der Waals surface area contributed by atoms with Gasteiger partial charge in [0.05, 0.1) is 34.8 Å². The summed E-state index contributed by atoms with van der Waals surface area (Å²) in [5.41, 5.74) is 1.31. The Kier molecular flexibility index (Phi) is 5.61. The summed E-state index contributed by atoms with van der Waals surface area (Å²) in [4.78, 5) is 18.8. The van der Waals surface area contributed by atoms with E-state index in [9.17, 15) is 15.2 Å². The van der Waals surface area contributed by atoms with Crippen molar-refractivity contribution in [1.29, 1.82) is 10.5 Å². The Balaban J connectivity index is 2.16. The molecule has 2 aromatic rings. The second-order valence-electron chi connectivity index (χ2n) is 5.96. The van der Waals surface area contributed by atoms with Gasteiger partial charge in [-0.2, -0.15) is 10.5 Å². The van der Waals surface area contributed by atoms with Crippen molar-refractivity contribution in [1.82, 2.24) is 9.88 Å². The number of hydrogen-bond donors (Lipinski definition) is 1. The zero-order valence-corrected chi connectivity index (χ0v) is 16.9. The highest BCUT2D eigenvalue weighted by molar-refractivity contribution is 9.10. The van der Waals surface area contributed by atoms with E-state index in [4.69, 9.17) is 28.5 Å². The Hall–Kier alpha value is -2.26. The largest absolute Gasteiger partial charge is 0.465 e. The van der Waals surface area contributed by atoms with E-state index in [1.54, 1.807) is 12.1 Å². The highest BCUT2D eigenvalue weighted by Gasteiger charge is 2.32. The summed E-state index contributed by atoms with van der Waals surface area (Å²) >= 11 is 15.8. The maximum absolute atomic E-state index is 11.4. The summed E-state index contributed by atoms with van der Waals surface area (Å²) in [6.07, 6.45) is -1.02. The summed E-state index contributed by atoms with van der Waals surface area (Å²) in [6.45, 7) is 0.821. The van der Waals surface area contributed by atoms with Gasteiger partial charge in [-0.1, -0.05) is 23.2 Å². The van der Waals surface area contributed by atoms with Crippen molar-refractivity contribution < 1.29 is 9.90 Å². The van der Waals surface area contributed by atoms with Crippen LogP contribution in [0.4, 0.5) is 10.5 Å². The fourth-order valence-electron chi connectivity index (χ4n) is 3.23. The average Bonchev–Trinajstić information content (AvgIpc) is 2.62. The predicted octanol–water partition coefficient (Wildman–Crippen LogP) is 4.26. The van der Waals surface area contributed by atoms with Gasteiger partial charge in [-0.15, -0.1) is 0 Å². The number of amides is 1. The molecule has 0 saturated carbocycles. The Bertz CT molecular complexity index is 1020. The molecule has 1 aromatic carbocycles. The first-order valence-electron chi connectivity index (χ1n) is 7.87. The van der Waals surface area contributed by atoms with Gasteiger partial charge in [0.1, 0.15) is 16.8 Å². The van der Waals surface area contributed by atoms with Crippen molar-refractivity contribution >= 4 is 61.8 Å². The molecule has 1 N–H and O–H groups in total. The number of fused-ring (bicyclic) bond motifs is 1. The molecule has 0 aliphatic carbocycles. The summed E-state index contributed by atoms with van der Waals surface area (Å²) in [7, 11) is 0. The van der Waals surface area contributed by atoms with Crippen molar-refractivity contribution in [3.8, 4) is 12.1 Å². The number of carboxylic acid groups (broad SMARTS) is 1. The summed E-state index contributed by atoms with van der Waals surface area (Å²) in [6, 6.07) is 7.01. The second kappa shape index (κ2) is 7.77. The van der Waals surface area contributed by atoms with Crippen LogP contribution < -0.4 is 4.90 Å². The quantitative estimate of drug-likeness (QED) is 0.660. The number of halogens is 3. The molecule has 3 rings (SSSR count). The zero-order valence-electron chi connectivity index (χ0n) is 13.8. The van der Waals surface area contributed by atoms with Crippen LogP contribution in [0.5, 0.6) is 0 Å². The topological polar surface area (TPSA) is 104 Å². The lowest BCUT2D eigenvalue weighted by atomic mass is 10.0. The zero-order chi connectivity index (χ0) is 19.7. The summed E-state index contributed by atoms with van der Waals surface area (Å²) in [5.74, 6) is 0. The van der Waals surface area contributed by atoms with Gasteiger partial charge >= 0.3 is 6.09 Å². The lowest BCUT2D eigenvalue weighted by molar-refractivity contribution is 0.119. The molecule has 1 aliphatic rings. The maximum Gasteiger partial charge on any atom is 0.407 e. The number of rotatable bonds is 2. The second-order valence-corrected chi connectivity index (χ2v) is 7.58. The number of anilines is 1. The third kappa shape index (κ3) is 3.61. The Labute approximate surface area is 173 Å². The SMILES string of the molecule is N#CC[C@H]1CN(c2c(C#N)c(Cl)nc3cc(Br)c(Cl)cc23)CCN1C(=O)O. The molecule has 1 saturated heterocycles. The standard InChI is InChI=1S/C17H12BrCl2N5O2/c18-12-6-14-10(5-13(12)19)15(11(7-22)16(20)23-14)24-3-4-25(17(26)27)9(8-24)1-2-21/h5-6,9H,1,3-4,8H2,(H,26,27)/t9-/m0/s1. The normalized spacial score (nSPS) is 16.9. The van der Waals surface area contributed by atoms with Gasteiger partial charge in [0.2, 0.25) is 0 Å². The van der Waals surface area contributed by atoms with Crippen molar-refractivity contribution in [2.45, 2.75) is 12.5 Å². The van der Waals surface area contributed by atoms with Crippen LogP contribution in [-0.4, -0.2) is 46.8 Å². The number of pyridine rings is 1. The molecule has 138 valence electrons. The van der Waals surface area contributed by atoms with Crippen LogP contribution in [0.1, 0.15) is 12.0 Å². The van der Waals surface area contributed by atoms with E-state index in [0.717, 1.165) is 0 Å². The summed E-state index contributed by atoms with van der Waals surface area (Å²) in [5, 5.41) is 29.2. The van der Waals surface area contributed by atoms with Gasteiger partial charge in [-0.05, 0) is 28.1 Å².